The van der Waals surface area contributed by atoms with Crippen molar-refractivity contribution < 1.29 is 14.6 Å². The van der Waals surface area contributed by atoms with E-state index in [9.17, 15) is 4.79 Å². The molecule has 1 aromatic carbocycles. The molecule has 0 fully saturated rings. The summed E-state index contributed by atoms with van der Waals surface area (Å²) in [6, 6.07) is 5.88. The Kier molecular flexibility index (Phi) is 5.78. The van der Waals surface area contributed by atoms with Crippen LogP contribution in [0.4, 0.5) is 0 Å². The van der Waals surface area contributed by atoms with Crippen LogP contribution in [-0.2, 0) is 4.74 Å². The van der Waals surface area contributed by atoms with Crippen molar-refractivity contribution in [2.75, 3.05) is 7.11 Å². The molecule has 1 aromatic rings. The first kappa shape index (κ1) is 12.1. The number of methoxy groups -OCH3 is 1. The zero-order chi connectivity index (χ0) is 8.27. The first-order valence-electron chi connectivity index (χ1n) is 3.11. The zero-order valence-corrected chi connectivity index (χ0v) is 6.07. The number of hydrogen-bond donors (Lipinski definition) is 1. The predicted octanol–water partition coefficient (Wildman–Crippen LogP) is 0.530. The van der Waals surface area contributed by atoms with Gasteiger partial charge in [-0.1, -0.05) is 0 Å². The van der Waals surface area contributed by atoms with Gasteiger partial charge < -0.3 is 9.84 Å². The fourth-order valence-electron chi connectivity index (χ4n) is 0.715. The summed E-state index contributed by atoms with van der Waals surface area (Å²) < 4.78 is 4.46. The van der Waals surface area contributed by atoms with Crippen molar-refractivity contribution in [3.8, 4) is 5.75 Å². The standard InChI is InChI=1S/C8H8O3.K.H/c1-11-8(10)6-2-4-7(9)5-3-6;;/h2-5,9H,1H3;;. The van der Waals surface area contributed by atoms with Gasteiger partial charge in [0.1, 0.15) is 5.75 Å². The van der Waals surface area contributed by atoms with Gasteiger partial charge in [-0.05, 0) is 24.3 Å². The third kappa shape index (κ3) is 3.24. The fourth-order valence-corrected chi connectivity index (χ4v) is 0.715. The van der Waals surface area contributed by atoms with E-state index in [4.69, 9.17) is 5.11 Å². The maximum absolute atomic E-state index is 10.8. The molecule has 0 heterocycles. The van der Waals surface area contributed by atoms with E-state index in [0.717, 1.165) is 0 Å². The summed E-state index contributed by atoms with van der Waals surface area (Å²) in [5, 5.41) is 8.86. The molecule has 0 aromatic heterocycles. The topological polar surface area (TPSA) is 46.5 Å². The van der Waals surface area contributed by atoms with E-state index in [1.807, 2.05) is 0 Å². The van der Waals surface area contributed by atoms with Gasteiger partial charge in [0.05, 0.1) is 12.7 Å². The second-order valence-corrected chi connectivity index (χ2v) is 2.04. The van der Waals surface area contributed by atoms with Crippen molar-refractivity contribution in [3.63, 3.8) is 0 Å². The summed E-state index contributed by atoms with van der Waals surface area (Å²) in [4.78, 5) is 10.8. The Morgan fingerprint density at radius 2 is 1.83 bits per heavy atom. The zero-order valence-electron chi connectivity index (χ0n) is 6.07. The number of carbonyl (C=O) groups is 1. The predicted molar refractivity (Wildman–Crippen MR) is 46.6 cm³/mol. The number of aromatic hydroxyl groups is 1. The second-order valence-electron chi connectivity index (χ2n) is 2.04. The van der Waals surface area contributed by atoms with Crippen LogP contribution in [0.15, 0.2) is 24.3 Å². The molecule has 0 aliphatic heterocycles. The van der Waals surface area contributed by atoms with Crippen molar-refractivity contribution >= 4 is 57.4 Å². The van der Waals surface area contributed by atoms with Crippen molar-refractivity contribution in [1.82, 2.24) is 0 Å². The van der Waals surface area contributed by atoms with E-state index in [2.05, 4.69) is 4.74 Å². The summed E-state index contributed by atoms with van der Waals surface area (Å²) in [7, 11) is 1.31. The molecule has 0 unspecified atom stereocenters. The van der Waals surface area contributed by atoms with Gasteiger partial charge in [0, 0.05) is 0 Å². The second kappa shape index (κ2) is 5.72. The van der Waals surface area contributed by atoms with Crippen LogP contribution in [0.25, 0.3) is 0 Å². The number of ether oxygens (including phenoxy) is 1. The number of rotatable bonds is 1. The van der Waals surface area contributed by atoms with Gasteiger partial charge in [-0.3, -0.25) is 0 Å². The SMILES string of the molecule is COC(=O)c1ccc(O)cc1.[KH]. The summed E-state index contributed by atoms with van der Waals surface area (Å²) in [6.07, 6.45) is 0. The molecule has 0 amide bonds. The number of phenolic OH excluding ortho intramolecular Hbond substituents is 1. The van der Waals surface area contributed by atoms with Crippen LogP contribution in [0.3, 0.4) is 0 Å². The van der Waals surface area contributed by atoms with Gasteiger partial charge in [-0.2, -0.15) is 0 Å². The van der Waals surface area contributed by atoms with Crippen molar-refractivity contribution in [3.05, 3.63) is 29.8 Å². The maximum atomic E-state index is 10.8. The molecule has 0 saturated carbocycles. The monoisotopic (exact) mass is 192 g/mol. The van der Waals surface area contributed by atoms with Crippen molar-refractivity contribution in [2.45, 2.75) is 0 Å². The molecule has 3 nitrogen and oxygen atoms in total. The first-order valence-corrected chi connectivity index (χ1v) is 3.11. The van der Waals surface area contributed by atoms with Crippen molar-refractivity contribution in [1.29, 1.82) is 0 Å². The van der Waals surface area contributed by atoms with Crippen LogP contribution < -0.4 is 0 Å². The fraction of sp³-hybridized carbons (Fsp3) is 0.125. The summed E-state index contributed by atoms with van der Waals surface area (Å²) in [6.45, 7) is 0. The minimum atomic E-state index is -0.398. The van der Waals surface area contributed by atoms with Crippen LogP contribution in [0.2, 0.25) is 0 Å². The quantitative estimate of drug-likeness (QED) is 0.521. The van der Waals surface area contributed by atoms with Gasteiger partial charge >= 0.3 is 57.4 Å². The van der Waals surface area contributed by atoms with Crippen LogP contribution in [0, 0.1) is 0 Å². The Labute approximate surface area is 113 Å². The van der Waals surface area contributed by atoms with Crippen LogP contribution in [0.1, 0.15) is 10.4 Å². The molecule has 0 atom stereocenters. The Hall–Kier alpha value is 0.126. The third-order valence-electron chi connectivity index (χ3n) is 1.29. The number of phenols is 1. The molecule has 0 saturated heterocycles. The number of benzene rings is 1. The van der Waals surface area contributed by atoms with E-state index in [0.29, 0.717) is 5.56 Å². The van der Waals surface area contributed by atoms with Crippen LogP contribution in [-0.4, -0.2) is 69.6 Å². The molecule has 0 aliphatic carbocycles. The molecular formula is C8H9KO3. The molecule has 4 heteroatoms. The summed E-state index contributed by atoms with van der Waals surface area (Å²) in [5.74, 6) is -0.261. The molecule has 0 radical (unpaired) electrons. The van der Waals surface area contributed by atoms with E-state index in [1.165, 1.54) is 31.4 Å². The Morgan fingerprint density at radius 1 is 1.33 bits per heavy atom. The van der Waals surface area contributed by atoms with Gasteiger partial charge in [0.2, 0.25) is 0 Å². The normalized spacial score (nSPS) is 8.42. The summed E-state index contributed by atoms with van der Waals surface area (Å²) >= 11 is 0. The van der Waals surface area contributed by atoms with Gasteiger partial charge in [-0.25, -0.2) is 4.79 Å². The van der Waals surface area contributed by atoms with Crippen LogP contribution in [0.5, 0.6) is 5.75 Å². The molecule has 60 valence electrons. The molecule has 12 heavy (non-hydrogen) atoms. The molecule has 0 aliphatic rings. The molecular weight excluding hydrogens is 183 g/mol. The van der Waals surface area contributed by atoms with E-state index >= 15 is 0 Å². The Morgan fingerprint density at radius 3 is 2.25 bits per heavy atom. The Bertz CT molecular complexity index is 256. The van der Waals surface area contributed by atoms with Crippen LogP contribution >= 0.6 is 0 Å². The molecule has 1 rings (SSSR count). The number of hydrogen-bond acceptors (Lipinski definition) is 3. The third-order valence-corrected chi connectivity index (χ3v) is 1.29. The first-order chi connectivity index (χ1) is 5.24. The Balaban J connectivity index is 0.00000121. The average molecular weight is 192 g/mol. The van der Waals surface area contributed by atoms with Crippen molar-refractivity contribution in [2.24, 2.45) is 0 Å². The van der Waals surface area contributed by atoms with E-state index < -0.39 is 5.97 Å². The minimum absolute atomic E-state index is 0. The molecule has 1 N–H and O–H groups in total. The van der Waals surface area contributed by atoms with E-state index in [-0.39, 0.29) is 57.1 Å². The average Bonchev–Trinajstić information content (AvgIpc) is 2.05. The van der Waals surface area contributed by atoms with E-state index in [1.54, 1.807) is 0 Å². The summed E-state index contributed by atoms with van der Waals surface area (Å²) in [5.41, 5.74) is 0.435. The number of carbonyl (C=O) groups excluding carboxylic acids is 1. The molecule has 0 bridgehead atoms. The van der Waals surface area contributed by atoms with Gasteiger partial charge in [-0.15, -0.1) is 0 Å². The van der Waals surface area contributed by atoms with Gasteiger partial charge in [0.25, 0.3) is 0 Å². The molecule has 0 spiro atoms. The van der Waals surface area contributed by atoms with Gasteiger partial charge in [0.15, 0.2) is 0 Å². The number of esters is 1.